The molecule has 6 rings (SSSR count). The molecule has 218 valence electrons. The molecule has 1 saturated heterocycles. The molecule has 1 amide bonds. The number of methoxy groups -OCH3 is 2. The van der Waals surface area contributed by atoms with Gasteiger partial charge in [0.1, 0.15) is 22.8 Å². The maximum absolute atomic E-state index is 13.6. The number of hydrogen-bond acceptors (Lipinski definition) is 7. The van der Waals surface area contributed by atoms with Crippen LogP contribution < -0.4 is 14.2 Å². The van der Waals surface area contributed by atoms with Gasteiger partial charge in [-0.15, -0.1) is 0 Å². The predicted octanol–water partition coefficient (Wildman–Crippen LogP) is 5.77. The van der Waals surface area contributed by atoms with Crippen molar-refractivity contribution >= 4 is 17.7 Å². The molecule has 0 aliphatic carbocycles. The minimum Gasteiger partial charge on any atom is -0.496 e. The molecule has 3 aromatic carbocycles. The largest absolute Gasteiger partial charge is 0.496 e. The predicted molar refractivity (Wildman–Crippen MR) is 159 cm³/mol. The number of hydrogen-bond donors (Lipinski definition) is 1. The lowest BCUT2D eigenvalue weighted by Crippen LogP contribution is -2.52. The lowest BCUT2D eigenvalue weighted by molar-refractivity contribution is -0.00573. The van der Waals surface area contributed by atoms with Crippen molar-refractivity contribution in [3.63, 3.8) is 0 Å². The molecule has 43 heavy (non-hydrogen) atoms. The zero-order chi connectivity index (χ0) is 30.1. The van der Waals surface area contributed by atoms with Gasteiger partial charge in [0.15, 0.2) is 5.78 Å². The smallest absolute Gasteiger partial charge is 0.337 e. The number of rotatable bonds is 6. The summed E-state index contributed by atoms with van der Waals surface area (Å²) in [4.78, 5) is 44.1. The molecule has 0 radical (unpaired) electrons. The number of aromatic nitrogens is 1. The summed E-state index contributed by atoms with van der Waals surface area (Å²) in [6, 6.07) is 20.0. The van der Waals surface area contributed by atoms with E-state index in [0.29, 0.717) is 65.4 Å². The van der Waals surface area contributed by atoms with Crippen LogP contribution >= 0.6 is 0 Å². The SMILES string of the molecule is COc1cc(C(=O)N2CCC3(CC2)CC(=O)c2cc(-c4cncc(C(=O)O)c4)ccc2O3)cc(OC)c1-c1ccccc1. The minimum absolute atomic E-state index is 0.0452. The highest BCUT2D eigenvalue weighted by atomic mass is 16.5. The van der Waals surface area contributed by atoms with Crippen LogP contribution in [0.5, 0.6) is 17.2 Å². The van der Waals surface area contributed by atoms with Crippen molar-refractivity contribution in [2.24, 2.45) is 0 Å². The van der Waals surface area contributed by atoms with Crippen molar-refractivity contribution in [3.8, 4) is 39.5 Å². The molecule has 0 saturated carbocycles. The van der Waals surface area contributed by atoms with Crippen LogP contribution in [0.15, 0.2) is 79.1 Å². The van der Waals surface area contributed by atoms with Gasteiger partial charge in [0, 0.05) is 49.5 Å². The zero-order valence-corrected chi connectivity index (χ0v) is 23.8. The van der Waals surface area contributed by atoms with Crippen molar-refractivity contribution in [2.45, 2.75) is 24.9 Å². The summed E-state index contributed by atoms with van der Waals surface area (Å²) < 4.78 is 17.8. The van der Waals surface area contributed by atoms with E-state index in [1.807, 2.05) is 30.3 Å². The number of nitrogens with zero attached hydrogens (tertiary/aromatic N) is 2. The van der Waals surface area contributed by atoms with Crippen LogP contribution in [0.25, 0.3) is 22.3 Å². The van der Waals surface area contributed by atoms with Gasteiger partial charge in [-0.3, -0.25) is 14.6 Å². The van der Waals surface area contributed by atoms with Crippen LogP contribution in [0.1, 0.15) is 50.3 Å². The lowest BCUT2D eigenvalue weighted by Gasteiger charge is -2.44. The summed E-state index contributed by atoms with van der Waals surface area (Å²) in [5, 5.41) is 9.30. The van der Waals surface area contributed by atoms with Crippen LogP contribution in [-0.2, 0) is 0 Å². The van der Waals surface area contributed by atoms with Crippen molar-refractivity contribution in [1.29, 1.82) is 0 Å². The van der Waals surface area contributed by atoms with Gasteiger partial charge in [-0.25, -0.2) is 4.79 Å². The van der Waals surface area contributed by atoms with E-state index >= 15 is 0 Å². The number of benzene rings is 3. The van der Waals surface area contributed by atoms with Gasteiger partial charge in [0.25, 0.3) is 5.91 Å². The summed E-state index contributed by atoms with van der Waals surface area (Å²) in [5.41, 5.74) is 3.29. The van der Waals surface area contributed by atoms with Gasteiger partial charge in [0.05, 0.1) is 37.3 Å². The van der Waals surface area contributed by atoms with Gasteiger partial charge in [0.2, 0.25) is 0 Å². The van der Waals surface area contributed by atoms with Crippen molar-refractivity contribution in [3.05, 3.63) is 95.8 Å². The molecule has 1 aromatic heterocycles. The number of carbonyl (C=O) groups excluding carboxylic acids is 2. The number of ketones is 1. The van der Waals surface area contributed by atoms with Gasteiger partial charge in [-0.05, 0) is 41.5 Å². The van der Waals surface area contributed by atoms with E-state index < -0.39 is 11.6 Å². The summed E-state index contributed by atoms with van der Waals surface area (Å²) in [5.74, 6) is 0.329. The number of aromatic carboxylic acids is 1. The average Bonchev–Trinajstić information content (AvgIpc) is 3.04. The zero-order valence-electron chi connectivity index (χ0n) is 23.8. The molecule has 0 unspecified atom stereocenters. The van der Waals surface area contributed by atoms with Gasteiger partial charge in [-0.1, -0.05) is 36.4 Å². The molecular weight excluding hydrogens is 548 g/mol. The Labute approximate surface area is 248 Å². The highest BCUT2D eigenvalue weighted by molar-refractivity contribution is 6.02. The number of pyridine rings is 1. The Morgan fingerprint density at radius 1 is 0.860 bits per heavy atom. The number of likely N-dealkylation sites (tertiary alicyclic amines) is 1. The number of carboxylic acids is 1. The quantitative estimate of drug-likeness (QED) is 0.307. The van der Waals surface area contributed by atoms with E-state index in [4.69, 9.17) is 14.2 Å². The average molecular weight is 579 g/mol. The normalized spacial score (nSPS) is 15.4. The standard InChI is InChI=1S/C34H30N2O7/c1-41-29-16-23(17-30(42-2)31(29)21-6-4-3-5-7-21)32(38)36-12-10-34(11-13-36)18-27(37)26-15-22(8-9-28(26)43-34)24-14-25(33(39)40)20-35-19-24/h3-9,14-17,19-20H,10-13,18H2,1-2H3,(H,39,40). The Bertz CT molecular complexity index is 1700. The van der Waals surface area contributed by atoms with E-state index in [1.54, 1.807) is 55.6 Å². The van der Waals surface area contributed by atoms with E-state index in [0.717, 1.165) is 11.1 Å². The highest BCUT2D eigenvalue weighted by Crippen LogP contribution is 2.42. The molecule has 2 aliphatic rings. The molecular formula is C34H30N2O7. The third-order valence-electron chi connectivity index (χ3n) is 8.18. The highest BCUT2D eigenvalue weighted by Gasteiger charge is 2.44. The number of ether oxygens (including phenoxy) is 3. The van der Waals surface area contributed by atoms with E-state index in [1.165, 1.54) is 12.3 Å². The van der Waals surface area contributed by atoms with E-state index in [-0.39, 0.29) is 23.7 Å². The third-order valence-corrected chi connectivity index (χ3v) is 8.18. The Balaban J connectivity index is 1.19. The Hall–Kier alpha value is -5.18. The first-order valence-corrected chi connectivity index (χ1v) is 14.0. The van der Waals surface area contributed by atoms with Gasteiger partial charge >= 0.3 is 5.97 Å². The summed E-state index contributed by atoms with van der Waals surface area (Å²) in [7, 11) is 3.14. The molecule has 1 fully saturated rings. The number of carbonyl (C=O) groups is 3. The number of amides is 1. The number of Topliss-reactive ketones (excluding diaryl/α,β-unsaturated/α-hetero) is 1. The molecule has 4 aromatic rings. The second kappa shape index (κ2) is 11.2. The Morgan fingerprint density at radius 2 is 1.56 bits per heavy atom. The van der Waals surface area contributed by atoms with Crippen LogP contribution in [0, 0.1) is 0 Å². The maximum Gasteiger partial charge on any atom is 0.337 e. The Kier molecular flexibility index (Phi) is 7.31. The van der Waals surface area contributed by atoms with Gasteiger partial charge < -0.3 is 24.2 Å². The minimum atomic E-state index is -1.07. The van der Waals surface area contributed by atoms with Crippen LogP contribution in [0.4, 0.5) is 0 Å². The van der Waals surface area contributed by atoms with Crippen LogP contribution in [0.2, 0.25) is 0 Å². The second-order valence-corrected chi connectivity index (χ2v) is 10.8. The van der Waals surface area contributed by atoms with Crippen molar-refractivity contribution in [1.82, 2.24) is 9.88 Å². The van der Waals surface area contributed by atoms with Crippen LogP contribution in [-0.4, -0.2) is 65.6 Å². The third kappa shape index (κ3) is 5.30. The van der Waals surface area contributed by atoms with E-state index in [9.17, 15) is 19.5 Å². The fourth-order valence-corrected chi connectivity index (χ4v) is 5.89. The summed E-state index contributed by atoms with van der Waals surface area (Å²) in [6.45, 7) is 0.858. The van der Waals surface area contributed by atoms with Crippen molar-refractivity contribution < 1.29 is 33.7 Å². The molecule has 2 aliphatic heterocycles. The summed E-state index contributed by atoms with van der Waals surface area (Å²) in [6.07, 6.45) is 4.06. The maximum atomic E-state index is 13.6. The number of fused-ring (bicyclic) bond motifs is 1. The first-order chi connectivity index (χ1) is 20.8. The number of piperidine rings is 1. The first-order valence-electron chi connectivity index (χ1n) is 14.0. The first kappa shape index (κ1) is 28.0. The summed E-state index contributed by atoms with van der Waals surface area (Å²) >= 11 is 0. The van der Waals surface area contributed by atoms with Gasteiger partial charge in [-0.2, -0.15) is 0 Å². The Morgan fingerprint density at radius 3 is 2.21 bits per heavy atom. The molecule has 1 N–H and O–H groups in total. The molecule has 0 atom stereocenters. The molecule has 0 bridgehead atoms. The van der Waals surface area contributed by atoms with E-state index in [2.05, 4.69) is 4.98 Å². The number of carboxylic acid groups (broad SMARTS) is 1. The second-order valence-electron chi connectivity index (χ2n) is 10.8. The fourth-order valence-electron chi connectivity index (χ4n) is 5.89. The fraction of sp³-hybridized carbons (Fsp3) is 0.235. The molecule has 9 heteroatoms. The van der Waals surface area contributed by atoms with Crippen molar-refractivity contribution in [2.75, 3.05) is 27.3 Å². The molecule has 3 heterocycles. The topological polar surface area (TPSA) is 115 Å². The monoisotopic (exact) mass is 578 g/mol. The molecule has 9 nitrogen and oxygen atoms in total. The molecule has 1 spiro atoms. The lowest BCUT2D eigenvalue weighted by atomic mass is 9.82. The van der Waals surface area contributed by atoms with Crippen LogP contribution in [0.3, 0.4) is 0 Å².